The van der Waals surface area contributed by atoms with Crippen molar-refractivity contribution in [2.75, 3.05) is 6.54 Å². The maximum Gasteiger partial charge on any atom is 0.248 e. The summed E-state index contributed by atoms with van der Waals surface area (Å²) >= 11 is 0. The summed E-state index contributed by atoms with van der Waals surface area (Å²) in [5, 5.41) is 13.5. The van der Waals surface area contributed by atoms with Gasteiger partial charge in [-0.3, -0.25) is 4.79 Å². The van der Waals surface area contributed by atoms with E-state index in [2.05, 4.69) is 12.2 Å². The van der Waals surface area contributed by atoms with E-state index in [0.29, 0.717) is 12.1 Å². The molecule has 2 rings (SSSR count). The Balaban J connectivity index is 1.89. The summed E-state index contributed by atoms with van der Waals surface area (Å²) in [7, 11) is 0. The molecule has 0 heterocycles. The van der Waals surface area contributed by atoms with E-state index in [1.807, 2.05) is 18.2 Å². The number of hydrogen-bond acceptors (Lipinski definition) is 3. The van der Waals surface area contributed by atoms with Crippen LogP contribution >= 0.6 is 0 Å². The highest BCUT2D eigenvalue weighted by Gasteiger charge is 2.34. The van der Waals surface area contributed by atoms with E-state index in [1.165, 1.54) is 6.42 Å². The number of rotatable bonds is 5. The lowest BCUT2D eigenvalue weighted by Crippen LogP contribution is -2.43. The summed E-state index contributed by atoms with van der Waals surface area (Å²) in [6.45, 7) is 3.61. The minimum Gasteiger partial charge on any atom is -0.393 e. The van der Waals surface area contributed by atoms with E-state index in [0.717, 1.165) is 31.4 Å². The zero-order chi connectivity index (χ0) is 14.6. The van der Waals surface area contributed by atoms with Gasteiger partial charge in [0.2, 0.25) is 5.91 Å². The molecular formula is C16H24N2O2. The first-order valence-corrected chi connectivity index (χ1v) is 7.29. The van der Waals surface area contributed by atoms with Crippen LogP contribution in [0.4, 0.5) is 0 Å². The third-order valence-electron chi connectivity index (χ3n) is 4.35. The lowest BCUT2D eigenvalue weighted by molar-refractivity contribution is 0.00115. The quantitative estimate of drug-likeness (QED) is 0.768. The first-order chi connectivity index (χ1) is 9.51. The number of nitrogens with two attached hydrogens (primary N) is 1. The zero-order valence-electron chi connectivity index (χ0n) is 12.1. The highest BCUT2D eigenvalue weighted by Crippen LogP contribution is 2.35. The molecule has 2 unspecified atom stereocenters. The van der Waals surface area contributed by atoms with Crippen molar-refractivity contribution in [3.8, 4) is 0 Å². The molecule has 1 saturated carbocycles. The Hall–Kier alpha value is -1.39. The average Bonchev–Trinajstić information content (AvgIpc) is 2.43. The van der Waals surface area contributed by atoms with E-state index >= 15 is 0 Å². The molecule has 1 amide bonds. The number of nitrogens with one attached hydrogen (secondary N) is 1. The molecule has 0 saturated heterocycles. The molecule has 4 N–H and O–H groups in total. The Morgan fingerprint density at radius 2 is 2.30 bits per heavy atom. The third kappa shape index (κ3) is 3.58. The van der Waals surface area contributed by atoms with Crippen LogP contribution in [-0.4, -0.2) is 23.7 Å². The minimum absolute atomic E-state index is 0.0421. The van der Waals surface area contributed by atoms with E-state index in [9.17, 15) is 9.90 Å². The summed E-state index contributed by atoms with van der Waals surface area (Å²) in [6.07, 6.45) is 4.04. The fourth-order valence-electron chi connectivity index (χ4n) is 2.91. The predicted octanol–water partition coefficient (Wildman–Crippen LogP) is 1.82. The monoisotopic (exact) mass is 276 g/mol. The van der Waals surface area contributed by atoms with Crippen LogP contribution < -0.4 is 11.1 Å². The van der Waals surface area contributed by atoms with Gasteiger partial charge >= 0.3 is 0 Å². The predicted molar refractivity (Wildman–Crippen MR) is 79.2 cm³/mol. The molecule has 2 atom stereocenters. The molecule has 1 fully saturated rings. The lowest BCUT2D eigenvalue weighted by Gasteiger charge is -2.38. The van der Waals surface area contributed by atoms with Gasteiger partial charge in [-0.15, -0.1) is 0 Å². The minimum atomic E-state index is -0.401. The fraction of sp³-hybridized carbons (Fsp3) is 0.562. The Bertz CT molecular complexity index is 475. The molecule has 0 aromatic heterocycles. The van der Waals surface area contributed by atoms with E-state index in [4.69, 9.17) is 5.73 Å². The Labute approximate surface area is 120 Å². The van der Waals surface area contributed by atoms with Gasteiger partial charge in [0.25, 0.3) is 0 Å². The molecule has 4 nitrogen and oxygen atoms in total. The number of hydrogen-bond donors (Lipinski definition) is 3. The number of aliphatic hydroxyl groups is 1. The molecule has 0 radical (unpaired) electrons. The van der Waals surface area contributed by atoms with Crippen LogP contribution in [0.1, 0.15) is 48.5 Å². The summed E-state index contributed by atoms with van der Waals surface area (Å²) in [5.41, 5.74) is 6.81. The largest absolute Gasteiger partial charge is 0.393 e. The molecular weight excluding hydrogens is 252 g/mol. The normalized spacial score (nSPS) is 26.4. The van der Waals surface area contributed by atoms with Crippen LogP contribution in [0, 0.1) is 5.41 Å². The number of amides is 1. The highest BCUT2D eigenvalue weighted by molar-refractivity contribution is 5.92. The summed E-state index contributed by atoms with van der Waals surface area (Å²) in [4.78, 5) is 11.1. The van der Waals surface area contributed by atoms with Gasteiger partial charge in [0.15, 0.2) is 0 Å². The Kier molecular flexibility index (Phi) is 4.78. The summed E-state index contributed by atoms with van der Waals surface area (Å²) in [5.74, 6) is -0.401. The molecule has 1 aliphatic rings. The zero-order valence-corrected chi connectivity index (χ0v) is 12.1. The topological polar surface area (TPSA) is 75.3 Å². The van der Waals surface area contributed by atoms with Crippen molar-refractivity contribution in [2.45, 2.75) is 45.3 Å². The average molecular weight is 276 g/mol. The van der Waals surface area contributed by atoms with Crippen LogP contribution in [-0.2, 0) is 6.54 Å². The van der Waals surface area contributed by atoms with Gasteiger partial charge in [0, 0.05) is 24.1 Å². The number of carbonyl (C=O) groups is 1. The van der Waals surface area contributed by atoms with Gasteiger partial charge in [0.05, 0.1) is 6.10 Å². The maximum absolute atomic E-state index is 11.1. The Morgan fingerprint density at radius 3 is 3.00 bits per heavy atom. The smallest absolute Gasteiger partial charge is 0.248 e. The number of aliphatic hydroxyl groups excluding tert-OH is 1. The van der Waals surface area contributed by atoms with Crippen molar-refractivity contribution in [3.63, 3.8) is 0 Å². The highest BCUT2D eigenvalue weighted by atomic mass is 16.3. The third-order valence-corrected chi connectivity index (χ3v) is 4.35. The van der Waals surface area contributed by atoms with Gasteiger partial charge in [-0.2, -0.15) is 0 Å². The molecule has 0 bridgehead atoms. The number of carbonyl (C=O) groups excluding carboxylic acids is 1. The van der Waals surface area contributed by atoms with Gasteiger partial charge in [-0.05, 0) is 30.5 Å². The van der Waals surface area contributed by atoms with Crippen LogP contribution in [0.3, 0.4) is 0 Å². The molecule has 1 aromatic carbocycles. The molecule has 0 spiro atoms. The van der Waals surface area contributed by atoms with Crippen LogP contribution in [0.2, 0.25) is 0 Å². The lowest BCUT2D eigenvalue weighted by atomic mass is 9.73. The second-order valence-electron chi connectivity index (χ2n) is 6.08. The van der Waals surface area contributed by atoms with E-state index in [-0.39, 0.29) is 11.5 Å². The van der Waals surface area contributed by atoms with Gasteiger partial charge in [-0.1, -0.05) is 31.9 Å². The molecule has 1 aliphatic carbocycles. The van der Waals surface area contributed by atoms with E-state index in [1.54, 1.807) is 6.07 Å². The van der Waals surface area contributed by atoms with Crippen LogP contribution in [0.25, 0.3) is 0 Å². The van der Waals surface area contributed by atoms with Crippen molar-refractivity contribution in [2.24, 2.45) is 11.1 Å². The summed E-state index contributed by atoms with van der Waals surface area (Å²) in [6, 6.07) is 7.35. The van der Waals surface area contributed by atoms with Crippen molar-refractivity contribution in [3.05, 3.63) is 35.4 Å². The van der Waals surface area contributed by atoms with Crippen molar-refractivity contribution in [1.82, 2.24) is 5.32 Å². The molecule has 0 aliphatic heterocycles. The number of primary amides is 1. The molecule has 20 heavy (non-hydrogen) atoms. The Morgan fingerprint density at radius 1 is 1.50 bits per heavy atom. The van der Waals surface area contributed by atoms with Crippen molar-refractivity contribution >= 4 is 5.91 Å². The van der Waals surface area contributed by atoms with Gasteiger partial charge < -0.3 is 16.2 Å². The number of benzene rings is 1. The van der Waals surface area contributed by atoms with Gasteiger partial charge in [-0.25, -0.2) is 0 Å². The second kappa shape index (κ2) is 6.37. The first-order valence-electron chi connectivity index (χ1n) is 7.29. The standard InChI is InChI=1S/C16H24N2O2/c1-16(8-3-2-7-14(16)19)11-18-10-12-5-4-6-13(9-12)15(17)20/h4-6,9,14,18-19H,2-3,7-8,10-11H2,1H3,(H2,17,20). The molecule has 1 aromatic rings. The van der Waals surface area contributed by atoms with Gasteiger partial charge in [0.1, 0.15) is 0 Å². The first kappa shape index (κ1) is 15.0. The van der Waals surface area contributed by atoms with Crippen LogP contribution in [0.15, 0.2) is 24.3 Å². The SMILES string of the molecule is CC1(CNCc2cccc(C(N)=O)c2)CCCCC1O. The molecule has 4 heteroatoms. The van der Waals surface area contributed by atoms with Crippen molar-refractivity contribution < 1.29 is 9.90 Å². The molecule has 110 valence electrons. The summed E-state index contributed by atoms with van der Waals surface area (Å²) < 4.78 is 0. The van der Waals surface area contributed by atoms with Crippen molar-refractivity contribution in [1.29, 1.82) is 0 Å². The second-order valence-corrected chi connectivity index (χ2v) is 6.08. The van der Waals surface area contributed by atoms with E-state index < -0.39 is 5.91 Å². The van der Waals surface area contributed by atoms with Crippen LogP contribution in [0.5, 0.6) is 0 Å². The fourth-order valence-corrected chi connectivity index (χ4v) is 2.91. The maximum atomic E-state index is 11.1.